The average molecular weight is 416 g/mol. The van der Waals surface area contributed by atoms with Crippen LogP contribution >= 0.6 is 11.8 Å². The van der Waals surface area contributed by atoms with Crippen LogP contribution in [0, 0.1) is 18.3 Å². The fourth-order valence-electron chi connectivity index (χ4n) is 3.45. The summed E-state index contributed by atoms with van der Waals surface area (Å²) in [5.74, 6) is -0.127. The number of carbonyl (C=O) groups is 1. The van der Waals surface area contributed by atoms with Crippen molar-refractivity contribution in [3.8, 4) is 6.07 Å². The van der Waals surface area contributed by atoms with Gasteiger partial charge in [-0.15, -0.1) is 0 Å². The Morgan fingerprint density at radius 3 is 2.80 bits per heavy atom. The van der Waals surface area contributed by atoms with E-state index in [0.29, 0.717) is 17.8 Å². The van der Waals surface area contributed by atoms with Crippen LogP contribution in [-0.4, -0.2) is 20.0 Å². The molecule has 0 fully saturated rings. The Balaban J connectivity index is 1.54. The van der Waals surface area contributed by atoms with Crippen molar-refractivity contribution in [2.45, 2.75) is 23.3 Å². The molecule has 30 heavy (non-hydrogen) atoms. The molecule has 0 spiro atoms. The van der Waals surface area contributed by atoms with Crippen LogP contribution in [0.4, 0.5) is 0 Å². The summed E-state index contributed by atoms with van der Waals surface area (Å²) in [4.78, 5) is 19.2. The van der Waals surface area contributed by atoms with Gasteiger partial charge in [0.25, 0.3) is 5.91 Å². The maximum Gasteiger partial charge on any atom is 0.268 e. The van der Waals surface area contributed by atoms with Crippen molar-refractivity contribution in [1.29, 1.82) is 5.26 Å². The molecule has 0 aliphatic carbocycles. The van der Waals surface area contributed by atoms with E-state index in [1.54, 1.807) is 24.2 Å². The average Bonchev–Trinajstić information content (AvgIpc) is 3.27. The summed E-state index contributed by atoms with van der Waals surface area (Å²) in [5, 5.41) is 12.1. The zero-order valence-corrected chi connectivity index (χ0v) is 17.8. The van der Waals surface area contributed by atoms with E-state index in [9.17, 15) is 4.79 Å². The number of para-hydroxylation sites is 1. The monoisotopic (exact) mass is 415 g/mol. The summed E-state index contributed by atoms with van der Waals surface area (Å²) in [6, 6.07) is 17.4. The number of imidazole rings is 1. The topological polar surface area (TPSA) is 75.6 Å². The highest BCUT2D eigenvalue weighted by atomic mass is 32.2. The number of carbonyl (C=O) groups excluding carboxylic acids is 1. The molecule has 0 saturated heterocycles. The van der Waals surface area contributed by atoms with E-state index in [4.69, 9.17) is 5.26 Å². The van der Waals surface area contributed by atoms with Gasteiger partial charge in [-0.3, -0.25) is 4.79 Å². The molecule has 0 saturated carbocycles. The van der Waals surface area contributed by atoms with Gasteiger partial charge in [0.2, 0.25) is 0 Å². The summed E-state index contributed by atoms with van der Waals surface area (Å²) in [6.07, 6.45) is 1.78. The Kier molecular flexibility index (Phi) is 5.34. The van der Waals surface area contributed by atoms with E-state index in [1.807, 2.05) is 72.6 Å². The smallest absolute Gasteiger partial charge is 0.268 e. The Hall–Kier alpha value is -3.50. The summed E-state index contributed by atoms with van der Waals surface area (Å²) >= 11 is 1.55. The van der Waals surface area contributed by atoms with Crippen LogP contribution in [0.2, 0.25) is 0 Å². The molecule has 0 aliphatic rings. The van der Waals surface area contributed by atoms with Crippen LogP contribution in [0.15, 0.2) is 64.6 Å². The molecule has 0 aliphatic heterocycles. The maximum absolute atomic E-state index is 12.9. The van der Waals surface area contributed by atoms with Gasteiger partial charge in [0.1, 0.15) is 5.69 Å². The lowest BCUT2D eigenvalue weighted by atomic mass is 10.2. The number of hydrogen-bond donors (Lipinski definition) is 1. The van der Waals surface area contributed by atoms with Crippen LogP contribution in [0.1, 0.15) is 27.3 Å². The third-order valence-electron chi connectivity index (χ3n) is 5.17. The SMILES string of the molecule is Cc1c(Sc2cccc(C#N)c2)cc(C(=O)NCc2cccc3ncn(C)c23)n1C. The second kappa shape index (κ2) is 8.09. The molecule has 0 unspecified atom stereocenters. The zero-order chi connectivity index (χ0) is 21.3. The minimum Gasteiger partial charge on any atom is -0.347 e. The van der Waals surface area contributed by atoms with Crippen molar-refractivity contribution in [2.24, 2.45) is 14.1 Å². The number of nitrogens with one attached hydrogen (secondary N) is 1. The van der Waals surface area contributed by atoms with Crippen LogP contribution in [0.3, 0.4) is 0 Å². The first kappa shape index (κ1) is 19.8. The number of nitrogens with zero attached hydrogens (tertiary/aromatic N) is 4. The van der Waals surface area contributed by atoms with Gasteiger partial charge in [-0.1, -0.05) is 30.0 Å². The summed E-state index contributed by atoms with van der Waals surface area (Å²) in [6.45, 7) is 2.41. The van der Waals surface area contributed by atoms with Crippen LogP contribution in [0.5, 0.6) is 0 Å². The molecule has 2 heterocycles. The molecule has 150 valence electrons. The molecule has 6 nitrogen and oxygen atoms in total. The number of fused-ring (bicyclic) bond motifs is 1. The number of rotatable bonds is 5. The Morgan fingerprint density at radius 1 is 1.20 bits per heavy atom. The van der Waals surface area contributed by atoms with Gasteiger partial charge in [0.15, 0.2) is 0 Å². The Morgan fingerprint density at radius 2 is 2.00 bits per heavy atom. The molecule has 4 rings (SSSR count). The highest BCUT2D eigenvalue weighted by molar-refractivity contribution is 7.99. The largest absolute Gasteiger partial charge is 0.347 e. The first-order chi connectivity index (χ1) is 14.5. The minimum atomic E-state index is -0.127. The number of amides is 1. The lowest BCUT2D eigenvalue weighted by Gasteiger charge is -2.09. The van der Waals surface area contributed by atoms with Gasteiger partial charge < -0.3 is 14.5 Å². The van der Waals surface area contributed by atoms with Crippen molar-refractivity contribution < 1.29 is 4.79 Å². The lowest BCUT2D eigenvalue weighted by molar-refractivity contribution is 0.0942. The van der Waals surface area contributed by atoms with Crippen molar-refractivity contribution in [3.05, 3.63) is 77.4 Å². The summed E-state index contributed by atoms with van der Waals surface area (Å²) < 4.78 is 3.87. The molecular formula is C23H21N5OS. The predicted molar refractivity (Wildman–Crippen MR) is 117 cm³/mol. The number of hydrogen-bond acceptors (Lipinski definition) is 4. The van der Waals surface area contributed by atoms with E-state index >= 15 is 0 Å². The van der Waals surface area contributed by atoms with E-state index in [2.05, 4.69) is 16.4 Å². The van der Waals surface area contributed by atoms with Crippen LogP contribution < -0.4 is 5.32 Å². The maximum atomic E-state index is 12.9. The zero-order valence-electron chi connectivity index (χ0n) is 17.0. The van der Waals surface area contributed by atoms with E-state index in [0.717, 1.165) is 32.1 Å². The van der Waals surface area contributed by atoms with E-state index in [-0.39, 0.29) is 5.91 Å². The second-order valence-electron chi connectivity index (χ2n) is 7.10. The molecule has 2 aromatic heterocycles. The van der Waals surface area contributed by atoms with Gasteiger partial charge in [-0.05, 0) is 42.8 Å². The number of aromatic nitrogens is 3. The second-order valence-corrected chi connectivity index (χ2v) is 8.22. The van der Waals surface area contributed by atoms with E-state index < -0.39 is 0 Å². The number of nitriles is 1. The molecule has 0 bridgehead atoms. The van der Waals surface area contributed by atoms with Gasteiger partial charge in [-0.25, -0.2) is 4.98 Å². The quantitative estimate of drug-likeness (QED) is 0.531. The summed E-state index contributed by atoms with van der Waals surface area (Å²) in [7, 11) is 3.84. The molecule has 0 radical (unpaired) electrons. The standard InChI is InChI=1S/C23H21N5OS/c1-15-21(30-18-8-4-6-16(10-18)12-24)11-20(28(15)3)23(29)25-13-17-7-5-9-19-22(17)27(2)14-26-19/h4-11,14H,13H2,1-3H3,(H,25,29). The van der Waals surface area contributed by atoms with Crippen molar-refractivity contribution in [2.75, 3.05) is 0 Å². The molecule has 1 amide bonds. The molecule has 1 N–H and O–H groups in total. The van der Waals surface area contributed by atoms with Crippen molar-refractivity contribution in [3.63, 3.8) is 0 Å². The van der Waals surface area contributed by atoms with Gasteiger partial charge >= 0.3 is 0 Å². The molecular weight excluding hydrogens is 394 g/mol. The van der Waals surface area contributed by atoms with Crippen LogP contribution in [0.25, 0.3) is 11.0 Å². The number of benzene rings is 2. The van der Waals surface area contributed by atoms with Gasteiger partial charge in [0, 0.05) is 36.1 Å². The first-order valence-corrected chi connectivity index (χ1v) is 10.3. The minimum absolute atomic E-state index is 0.127. The fourth-order valence-corrected chi connectivity index (χ4v) is 4.49. The van der Waals surface area contributed by atoms with Gasteiger partial charge in [0.05, 0.1) is 29.0 Å². The third kappa shape index (κ3) is 3.70. The van der Waals surface area contributed by atoms with E-state index in [1.165, 1.54) is 0 Å². The highest BCUT2D eigenvalue weighted by Crippen LogP contribution is 2.32. The van der Waals surface area contributed by atoms with Crippen molar-refractivity contribution in [1.82, 2.24) is 19.4 Å². The Labute approximate surface area is 179 Å². The Bertz CT molecular complexity index is 1290. The fraction of sp³-hybridized carbons (Fsp3) is 0.174. The normalized spacial score (nSPS) is 10.9. The molecule has 7 heteroatoms. The van der Waals surface area contributed by atoms with Crippen molar-refractivity contribution >= 4 is 28.7 Å². The summed E-state index contributed by atoms with van der Waals surface area (Å²) in [5.41, 5.74) is 5.18. The molecule has 2 aromatic carbocycles. The molecule has 4 aromatic rings. The molecule has 0 atom stereocenters. The highest BCUT2D eigenvalue weighted by Gasteiger charge is 2.17. The van der Waals surface area contributed by atoms with Crippen LogP contribution in [-0.2, 0) is 20.6 Å². The first-order valence-electron chi connectivity index (χ1n) is 9.49. The third-order valence-corrected chi connectivity index (χ3v) is 6.30. The predicted octanol–water partition coefficient (Wildman–Crippen LogP) is 4.17. The van der Waals surface area contributed by atoms with Gasteiger partial charge in [-0.2, -0.15) is 5.26 Å². The number of aryl methyl sites for hydroxylation is 1. The lowest BCUT2D eigenvalue weighted by Crippen LogP contribution is -2.25.